The number of aliphatic imine (C=N–C) groups is 1. The summed E-state index contributed by atoms with van der Waals surface area (Å²) in [4.78, 5) is 4.11. The van der Waals surface area contributed by atoms with Crippen LogP contribution in [0, 0.1) is 0 Å². The molecule has 0 aromatic heterocycles. The van der Waals surface area contributed by atoms with Crippen LogP contribution in [0.4, 0.5) is 0 Å². The molecule has 0 saturated carbocycles. The first kappa shape index (κ1) is 8.47. The average molecular weight is 152 g/mol. The molecule has 1 rings (SSSR count). The summed E-state index contributed by atoms with van der Waals surface area (Å²) >= 11 is 0. The van der Waals surface area contributed by atoms with Gasteiger partial charge in [0.05, 0.1) is 6.54 Å². The van der Waals surface area contributed by atoms with Gasteiger partial charge in [-0.2, -0.15) is 0 Å². The number of nitrogens with zero attached hydrogens (tertiary/aromatic N) is 1. The van der Waals surface area contributed by atoms with Crippen molar-refractivity contribution in [1.29, 1.82) is 0 Å². The van der Waals surface area contributed by atoms with Gasteiger partial charge in [-0.1, -0.05) is 6.08 Å². The largest absolute Gasteiger partial charge is 0.308 e. The van der Waals surface area contributed by atoms with E-state index in [2.05, 4.69) is 37.2 Å². The fraction of sp³-hybridized carbons (Fsp3) is 0.667. The quantitative estimate of drug-likeness (QED) is 0.635. The van der Waals surface area contributed by atoms with E-state index in [9.17, 15) is 0 Å². The lowest BCUT2D eigenvalue weighted by Gasteiger charge is -2.20. The molecular formula is C9H16N2. The highest BCUT2D eigenvalue weighted by molar-refractivity contribution is 5.81. The van der Waals surface area contributed by atoms with Crippen LogP contribution in [-0.2, 0) is 0 Å². The highest BCUT2D eigenvalue weighted by atomic mass is 14.9. The highest BCUT2D eigenvalue weighted by Crippen LogP contribution is 2.02. The minimum Gasteiger partial charge on any atom is -0.308 e. The summed E-state index contributed by atoms with van der Waals surface area (Å²) in [6, 6.07) is 0. The Kier molecular flexibility index (Phi) is 2.45. The maximum Gasteiger partial charge on any atom is 0.0577 e. The van der Waals surface area contributed by atoms with E-state index in [1.54, 1.807) is 0 Å². The van der Waals surface area contributed by atoms with Crippen molar-refractivity contribution in [3.05, 3.63) is 11.6 Å². The zero-order valence-corrected chi connectivity index (χ0v) is 7.52. The van der Waals surface area contributed by atoms with Crippen LogP contribution in [0.3, 0.4) is 0 Å². The first-order chi connectivity index (χ1) is 5.08. The van der Waals surface area contributed by atoms with E-state index in [1.165, 1.54) is 5.57 Å². The first-order valence-electron chi connectivity index (χ1n) is 4.02. The summed E-state index contributed by atoms with van der Waals surface area (Å²) in [6.07, 6.45) is 4.09. The fourth-order valence-corrected chi connectivity index (χ4v) is 0.878. The number of rotatable bonds is 2. The van der Waals surface area contributed by atoms with Crippen molar-refractivity contribution in [1.82, 2.24) is 5.32 Å². The highest BCUT2D eigenvalue weighted by Gasteiger charge is 2.09. The second kappa shape index (κ2) is 3.18. The van der Waals surface area contributed by atoms with Crippen molar-refractivity contribution in [2.24, 2.45) is 4.99 Å². The topological polar surface area (TPSA) is 24.4 Å². The van der Waals surface area contributed by atoms with Crippen molar-refractivity contribution >= 4 is 6.21 Å². The van der Waals surface area contributed by atoms with Crippen molar-refractivity contribution in [2.75, 3.05) is 13.1 Å². The Bertz CT molecular complexity index is 184. The van der Waals surface area contributed by atoms with Gasteiger partial charge in [0.2, 0.25) is 0 Å². The molecule has 1 N–H and O–H groups in total. The van der Waals surface area contributed by atoms with Crippen molar-refractivity contribution in [3.8, 4) is 0 Å². The molecule has 0 aromatic rings. The van der Waals surface area contributed by atoms with Gasteiger partial charge in [0, 0.05) is 18.3 Å². The Labute approximate surface area is 68.4 Å². The normalized spacial score (nSPS) is 17.2. The Morgan fingerprint density at radius 2 is 2.27 bits per heavy atom. The third kappa shape index (κ3) is 3.33. The smallest absolute Gasteiger partial charge is 0.0577 e. The van der Waals surface area contributed by atoms with E-state index >= 15 is 0 Å². The summed E-state index contributed by atoms with van der Waals surface area (Å²) in [7, 11) is 0. The lowest BCUT2D eigenvalue weighted by atomic mass is 10.1. The molecule has 0 amide bonds. The molecule has 0 radical (unpaired) electrons. The Morgan fingerprint density at radius 3 is 2.73 bits per heavy atom. The maximum atomic E-state index is 4.11. The SMILES string of the molecule is CC(C)(C)NCC1=CCN=C1. The maximum absolute atomic E-state index is 4.11. The Balaban J connectivity index is 2.28. The Hall–Kier alpha value is -0.630. The molecule has 62 valence electrons. The van der Waals surface area contributed by atoms with Crippen LogP contribution in [0.25, 0.3) is 0 Å². The lowest BCUT2D eigenvalue weighted by Crippen LogP contribution is -2.37. The van der Waals surface area contributed by atoms with Crippen LogP contribution in [0.2, 0.25) is 0 Å². The summed E-state index contributed by atoms with van der Waals surface area (Å²) in [5.41, 5.74) is 1.51. The van der Waals surface area contributed by atoms with Crippen LogP contribution < -0.4 is 5.32 Å². The van der Waals surface area contributed by atoms with Crippen LogP contribution >= 0.6 is 0 Å². The molecule has 0 aromatic carbocycles. The van der Waals surface area contributed by atoms with Gasteiger partial charge in [0.1, 0.15) is 0 Å². The van der Waals surface area contributed by atoms with Gasteiger partial charge in [-0.3, -0.25) is 4.99 Å². The van der Waals surface area contributed by atoms with Crippen molar-refractivity contribution in [3.63, 3.8) is 0 Å². The lowest BCUT2D eigenvalue weighted by molar-refractivity contribution is 0.447. The van der Waals surface area contributed by atoms with Gasteiger partial charge in [-0.25, -0.2) is 0 Å². The number of nitrogens with one attached hydrogen (secondary N) is 1. The fourth-order valence-electron chi connectivity index (χ4n) is 0.878. The molecule has 0 spiro atoms. The summed E-state index contributed by atoms with van der Waals surface area (Å²) in [6.45, 7) is 8.30. The molecular weight excluding hydrogens is 136 g/mol. The zero-order valence-electron chi connectivity index (χ0n) is 7.52. The van der Waals surface area contributed by atoms with Gasteiger partial charge < -0.3 is 5.32 Å². The molecule has 0 bridgehead atoms. The molecule has 2 heteroatoms. The Morgan fingerprint density at radius 1 is 1.55 bits per heavy atom. The van der Waals surface area contributed by atoms with Gasteiger partial charge in [-0.15, -0.1) is 0 Å². The summed E-state index contributed by atoms with van der Waals surface area (Å²) in [5.74, 6) is 0. The van der Waals surface area contributed by atoms with Crippen LogP contribution in [0.15, 0.2) is 16.6 Å². The molecule has 0 fully saturated rings. The molecule has 0 aliphatic carbocycles. The second-order valence-electron chi connectivity index (χ2n) is 3.88. The first-order valence-corrected chi connectivity index (χ1v) is 4.02. The average Bonchev–Trinajstić information content (AvgIpc) is 2.32. The van der Waals surface area contributed by atoms with E-state index < -0.39 is 0 Å². The van der Waals surface area contributed by atoms with Crippen LogP contribution in [0.5, 0.6) is 0 Å². The van der Waals surface area contributed by atoms with Crippen molar-refractivity contribution < 1.29 is 0 Å². The monoisotopic (exact) mass is 152 g/mol. The molecule has 2 nitrogen and oxygen atoms in total. The van der Waals surface area contributed by atoms with Gasteiger partial charge in [0.15, 0.2) is 0 Å². The van der Waals surface area contributed by atoms with Gasteiger partial charge >= 0.3 is 0 Å². The number of hydrogen-bond donors (Lipinski definition) is 1. The van der Waals surface area contributed by atoms with Crippen LogP contribution in [-0.4, -0.2) is 24.8 Å². The van der Waals surface area contributed by atoms with E-state index in [-0.39, 0.29) is 5.54 Å². The molecule has 0 saturated heterocycles. The van der Waals surface area contributed by atoms with Gasteiger partial charge in [-0.05, 0) is 26.3 Å². The predicted molar refractivity (Wildman–Crippen MR) is 49.2 cm³/mol. The predicted octanol–water partition coefficient (Wildman–Crippen LogP) is 1.39. The zero-order chi connectivity index (χ0) is 8.32. The van der Waals surface area contributed by atoms with Crippen LogP contribution in [0.1, 0.15) is 20.8 Å². The molecule has 1 aliphatic heterocycles. The number of hydrogen-bond acceptors (Lipinski definition) is 2. The standard InChI is InChI=1S/C9H16N2/c1-9(2,3)11-7-8-4-5-10-6-8/h4,6,11H,5,7H2,1-3H3. The third-order valence-electron chi connectivity index (χ3n) is 1.54. The molecule has 0 unspecified atom stereocenters. The minimum atomic E-state index is 0.206. The molecule has 11 heavy (non-hydrogen) atoms. The van der Waals surface area contributed by atoms with E-state index in [4.69, 9.17) is 0 Å². The third-order valence-corrected chi connectivity index (χ3v) is 1.54. The molecule has 0 atom stereocenters. The van der Waals surface area contributed by atoms with E-state index in [0.29, 0.717) is 0 Å². The summed E-state index contributed by atoms with van der Waals surface area (Å²) < 4.78 is 0. The van der Waals surface area contributed by atoms with Crippen molar-refractivity contribution in [2.45, 2.75) is 26.3 Å². The van der Waals surface area contributed by atoms with Gasteiger partial charge in [0.25, 0.3) is 0 Å². The van der Waals surface area contributed by atoms with E-state index in [0.717, 1.165) is 13.1 Å². The minimum absolute atomic E-state index is 0.206. The molecule has 1 aliphatic rings. The molecule has 1 heterocycles. The second-order valence-corrected chi connectivity index (χ2v) is 3.88. The van der Waals surface area contributed by atoms with E-state index in [1.807, 2.05) is 6.21 Å². The summed E-state index contributed by atoms with van der Waals surface area (Å²) in [5, 5.41) is 3.40.